The van der Waals surface area contributed by atoms with Gasteiger partial charge in [-0.25, -0.2) is 4.57 Å². The van der Waals surface area contributed by atoms with E-state index in [1.165, 1.54) is 17.5 Å². The van der Waals surface area contributed by atoms with E-state index in [2.05, 4.69) is 88.4 Å². The molecule has 0 aliphatic heterocycles. The number of benzene rings is 1. The van der Waals surface area contributed by atoms with Crippen molar-refractivity contribution in [1.82, 2.24) is 0 Å². The lowest BCUT2D eigenvalue weighted by molar-refractivity contribution is -0.697. The fourth-order valence-electron chi connectivity index (χ4n) is 1.75. The summed E-state index contributed by atoms with van der Waals surface area (Å²) < 4.78 is 3.32. The first kappa shape index (κ1) is 13.0. The van der Waals surface area contributed by atoms with Crippen LogP contribution in [-0.2, 0) is 6.54 Å². The third kappa shape index (κ3) is 3.81. The number of aryl methyl sites for hydroxylation is 1. The number of hydrogen-bond donors (Lipinski definition) is 0. The SMILES string of the molecule is CCC[n+]1ccc(/C=C/c2ccc(Br)cc2)cc1. The van der Waals surface area contributed by atoms with Gasteiger partial charge in [-0.3, -0.25) is 0 Å². The normalized spacial score (nSPS) is 11.0. The number of halogens is 1. The molecule has 0 saturated heterocycles. The van der Waals surface area contributed by atoms with E-state index in [0.29, 0.717) is 0 Å². The predicted molar refractivity (Wildman–Crippen MR) is 80.0 cm³/mol. The molecule has 0 radical (unpaired) electrons. The van der Waals surface area contributed by atoms with E-state index in [1.807, 2.05) is 0 Å². The molecule has 2 heteroatoms. The minimum absolute atomic E-state index is 1.08. The van der Waals surface area contributed by atoms with Crippen LogP contribution in [0.5, 0.6) is 0 Å². The maximum Gasteiger partial charge on any atom is 0.169 e. The Balaban J connectivity index is 2.06. The van der Waals surface area contributed by atoms with Gasteiger partial charge in [-0.1, -0.05) is 47.1 Å². The third-order valence-electron chi connectivity index (χ3n) is 2.74. The van der Waals surface area contributed by atoms with Gasteiger partial charge in [-0.05, 0) is 23.3 Å². The molecule has 0 N–H and O–H groups in total. The fourth-order valence-corrected chi connectivity index (χ4v) is 2.02. The van der Waals surface area contributed by atoms with Gasteiger partial charge < -0.3 is 0 Å². The van der Waals surface area contributed by atoms with Crippen molar-refractivity contribution < 1.29 is 4.57 Å². The largest absolute Gasteiger partial charge is 0.205 e. The van der Waals surface area contributed by atoms with Gasteiger partial charge in [0.25, 0.3) is 0 Å². The van der Waals surface area contributed by atoms with Crippen LogP contribution in [-0.4, -0.2) is 0 Å². The van der Waals surface area contributed by atoms with Crippen LogP contribution < -0.4 is 4.57 Å². The Kier molecular flexibility index (Phi) is 4.71. The molecule has 0 spiro atoms. The molecule has 0 amide bonds. The van der Waals surface area contributed by atoms with Crippen LogP contribution in [0.1, 0.15) is 24.5 Å². The maximum absolute atomic E-state index is 3.44. The first-order valence-corrected chi connectivity index (χ1v) is 7.00. The minimum atomic E-state index is 1.08. The molecule has 1 nitrogen and oxygen atoms in total. The van der Waals surface area contributed by atoms with Crippen molar-refractivity contribution in [1.29, 1.82) is 0 Å². The molecule has 2 aromatic rings. The highest BCUT2D eigenvalue weighted by Crippen LogP contribution is 2.12. The fraction of sp³-hybridized carbons (Fsp3) is 0.188. The number of rotatable bonds is 4. The van der Waals surface area contributed by atoms with E-state index in [4.69, 9.17) is 0 Å². The lowest BCUT2D eigenvalue weighted by Gasteiger charge is -1.96. The Hall–Kier alpha value is -1.41. The van der Waals surface area contributed by atoms with Crippen molar-refractivity contribution in [2.24, 2.45) is 0 Å². The Morgan fingerprint density at radius 3 is 2.06 bits per heavy atom. The van der Waals surface area contributed by atoms with Crippen molar-refractivity contribution in [2.75, 3.05) is 0 Å². The molecule has 0 aliphatic rings. The summed E-state index contributed by atoms with van der Waals surface area (Å²) in [4.78, 5) is 0. The minimum Gasteiger partial charge on any atom is -0.205 e. The van der Waals surface area contributed by atoms with Crippen molar-refractivity contribution in [2.45, 2.75) is 19.9 Å². The van der Waals surface area contributed by atoms with Crippen molar-refractivity contribution in [3.05, 3.63) is 64.4 Å². The molecule has 1 aromatic heterocycles. The van der Waals surface area contributed by atoms with Crippen LogP contribution in [0.4, 0.5) is 0 Å². The van der Waals surface area contributed by atoms with Crippen molar-refractivity contribution in [3.63, 3.8) is 0 Å². The van der Waals surface area contributed by atoms with E-state index in [1.54, 1.807) is 0 Å². The average molecular weight is 303 g/mol. The second kappa shape index (κ2) is 6.50. The van der Waals surface area contributed by atoms with Crippen LogP contribution in [0.2, 0.25) is 0 Å². The standard InChI is InChI=1S/C16H17BrN/c1-2-11-18-12-9-15(10-13-18)4-3-14-5-7-16(17)8-6-14/h3-10,12-13H,2,11H2,1H3/q+1/b4-3+. The molecule has 0 unspecified atom stereocenters. The third-order valence-corrected chi connectivity index (χ3v) is 3.27. The Morgan fingerprint density at radius 1 is 0.944 bits per heavy atom. The summed E-state index contributed by atoms with van der Waals surface area (Å²) in [5, 5.41) is 0. The van der Waals surface area contributed by atoms with E-state index < -0.39 is 0 Å². The Morgan fingerprint density at radius 2 is 1.50 bits per heavy atom. The van der Waals surface area contributed by atoms with Gasteiger partial charge in [0.2, 0.25) is 0 Å². The smallest absolute Gasteiger partial charge is 0.169 e. The summed E-state index contributed by atoms with van der Waals surface area (Å²) >= 11 is 3.44. The highest BCUT2D eigenvalue weighted by Gasteiger charge is 1.96. The first-order valence-electron chi connectivity index (χ1n) is 6.20. The van der Waals surface area contributed by atoms with Crippen LogP contribution in [0.15, 0.2) is 53.3 Å². The molecule has 1 aromatic carbocycles. The molecule has 0 fully saturated rings. The lowest BCUT2D eigenvalue weighted by atomic mass is 10.1. The molecule has 92 valence electrons. The van der Waals surface area contributed by atoms with E-state index in [0.717, 1.165) is 11.0 Å². The van der Waals surface area contributed by atoms with E-state index in [-0.39, 0.29) is 0 Å². The predicted octanol–water partition coefficient (Wildman–Crippen LogP) is 4.32. The van der Waals surface area contributed by atoms with Crippen LogP contribution in [0, 0.1) is 0 Å². The second-order valence-electron chi connectivity index (χ2n) is 4.25. The summed E-state index contributed by atoms with van der Waals surface area (Å²) in [6, 6.07) is 12.6. The maximum atomic E-state index is 3.44. The summed E-state index contributed by atoms with van der Waals surface area (Å²) in [7, 11) is 0. The second-order valence-corrected chi connectivity index (χ2v) is 5.17. The zero-order valence-electron chi connectivity index (χ0n) is 10.5. The zero-order chi connectivity index (χ0) is 12.8. The number of pyridine rings is 1. The molecular formula is C16H17BrN+. The van der Waals surface area contributed by atoms with Gasteiger partial charge in [-0.15, -0.1) is 0 Å². The van der Waals surface area contributed by atoms with Crippen molar-refractivity contribution >= 4 is 28.1 Å². The summed E-state index contributed by atoms with van der Waals surface area (Å²) in [5.41, 5.74) is 2.44. The number of aromatic nitrogens is 1. The molecular weight excluding hydrogens is 286 g/mol. The van der Waals surface area contributed by atoms with Gasteiger partial charge in [0.15, 0.2) is 12.4 Å². The topological polar surface area (TPSA) is 3.88 Å². The Bertz CT molecular complexity index is 512. The monoisotopic (exact) mass is 302 g/mol. The molecule has 1 heterocycles. The van der Waals surface area contributed by atoms with Gasteiger partial charge in [0.1, 0.15) is 6.54 Å². The van der Waals surface area contributed by atoms with E-state index >= 15 is 0 Å². The van der Waals surface area contributed by atoms with Gasteiger partial charge in [0.05, 0.1) is 0 Å². The highest BCUT2D eigenvalue weighted by molar-refractivity contribution is 9.10. The molecule has 18 heavy (non-hydrogen) atoms. The quantitative estimate of drug-likeness (QED) is 0.741. The first-order chi connectivity index (χ1) is 8.78. The lowest BCUT2D eigenvalue weighted by Crippen LogP contribution is -2.31. The van der Waals surface area contributed by atoms with Gasteiger partial charge >= 0.3 is 0 Å². The number of nitrogens with zero attached hydrogens (tertiary/aromatic N) is 1. The Labute approximate surface area is 117 Å². The summed E-state index contributed by atoms with van der Waals surface area (Å²) in [5.74, 6) is 0. The highest BCUT2D eigenvalue weighted by atomic mass is 79.9. The zero-order valence-corrected chi connectivity index (χ0v) is 12.1. The molecule has 0 bridgehead atoms. The van der Waals surface area contributed by atoms with Crippen LogP contribution in [0.3, 0.4) is 0 Å². The summed E-state index contributed by atoms with van der Waals surface area (Å²) in [6.07, 6.45) is 9.69. The van der Waals surface area contributed by atoms with Crippen molar-refractivity contribution in [3.8, 4) is 0 Å². The molecule has 0 atom stereocenters. The molecule has 0 saturated carbocycles. The molecule has 2 rings (SSSR count). The van der Waals surface area contributed by atoms with Gasteiger partial charge in [0, 0.05) is 23.0 Å². The number of hydrogen-bond acceptors (Lipinski definition) is 0. The average Bonchev–Trinajstić information content (AvgIpc) is 2.40. The summed E-state index contributed by atoms with van der Waals surface area (Å²) in [6.45, 7) is 3.27. The van der Waals surface area contributed by atoms with Gasteiger partial charge in [-0.2, -0.15) is 0 Å². The van der Waals surface area contributed by atoms with Crippen LogP contribution in [0.25, 0.3) is 12.2 Å². The molecule has 0 aliphatic carbocycles. The van der Waals surface area contributed by atoms with E-state index in [9.17, 15) is 0 Å². The van der Waals surface area contributed by atoms with Crippen LogP contribution >= 0.6 is 15.9 Å².